The molecule has 0 radical (unpaired) electrons. The fourth-order valence-electron chi connectivity index (χ4n) is 3.95. The second kappa shape index (κ2) is 6.93. The molecule has 2 aliphatic rings. The van der Waals surface area contributed by atoms with Crippen LogP contribution in [0.15, 0.2) is 36.4 Å². The van der Waals surface area contributed by atoms with Gasteiger partial charge in [-0.2, -0.15) is 10.2 Å². The molecule has 26 heavy (non-hydrogen) atoms. The van der Waals surface area contributed by atoms with Crippen molar-refractivity contribution in [3.63, 3.8) is 0 Å². The van der Waals surface area contributed by atoms with E-state index in [1.54, 1.807) is 0 Å². The number of anilines is 2. The average molecular weight is 349 g/mol. The maximum atomic E-state index is 9.86. The quantitative estimate of drug-likeness (QED) is 0.916. The highest BCUT2D eigenvalue weighted by molar-refractivity contribution is 5.46. The summed E-state index contributed by atoms with van der Waals surface area (Å²) in [6, 6.07) is 14.7. The molecule has 6 heteroatoms. The number of ether oxygens (including phenoxy) is 1. The van der Waals surface area contributed by atoms with Gasteiger partial charge in [-0.1, -0.05) is 30.3 Å². The summed E-state index contributed by atoms with van der Waals surface area (Å²) in [7, 11) is 0. The van der Waals surface area contributed by atoms with Gasteiger partial charge in [-0.15, -0.1) is 0 Å². The molecular weight excluding hydrogens is 326 g/mol. The summed E-state index contributed by atoms with van der Waals surface area (Å²) in [6.45, 7) is 3.02. The van der Waals surface area contributed by atoms with E-state index in [1.165, 1.54) is 0 Å². The fraction of sp³-hybridized carbons (Fsp3) is 0.450. The number of nitriles is 1. The summed E-state index contributed by atoms with van der Waals surface area (Å²) in [5, 5.41) is 9.86. The monoisotopic (exact) mass is 349 g/mol. The first-order chi connectivity index (χ1) is 12.7. The standard InChI is InChI=1S/C20H23N5O/c21-14-20(16-4-2-1-3-5-16)7-9-25(10-8-20)18-12-17(23-19(22)24-18)15-6-11-26-13-15/h1-5,12,15H,6-11,13H2,(H2,22,23,24). The first-order valence-electron chi connectivity index (χ1n) is 9.14. The van der Waals surface area contributed by atoms with Crippen molar-refractivity contribution in [2.24, 2.45) is 0 Å². The highest BCUT2D eigenvalue weighted by Crippen LogP contribution is 2.36. The van der Waals surface area contributed by atoms with E-state index in [1.807, 2.05) is 24.3 Å². The summed E-state index contributed by atoms with van der Waals surface area (Å²) in [6.07, 6.45) is 2.53. The first kappa shape index (κ1) is 16.8. The van der Waals surface area contributed by atoms with Gasteiger partial charge in [0.1, 0.15) is 5.82 Å². The molecule has 0 aliphatic carbocycles. The lowest BCUT2D eigenvalue weighted by Gasteiger charge is -2.38. The minimum Gasteiger partial charge on any atom is -0.381 e. The molecule has 0 amide bonds. The Kier molecular flexibility index (Phi) is 4.48. The molecule has 134 valence electrons. The maximum absolute atomic E-state index is 9.86. The number of nitrogens with zero attached hydrogens (tertiary/aromatic N) is 4. The summed E-state index contributed by atoms with van der Waals surface area (Å²) in [5.41, 5.74) is 7.61. The van der Waals surface area contributed by atoms with Gasteiger partial charge in [-0.25, -0.2) is 4.98 Å². The highest BCUT2D eigenvalue weighted by atomic mass is 16.5. The van der Waals surface area contributed by atoms with E-state index in [4.69, 9.17) is 10.5 Å². The molecule has 0 saturated carbocycles. The van der Waals surface area contributed by atoms with Crippen molar-refractivity contribution in [1.82, 2.24) is 9.97 Å². The number of rotatable bonds is 3. The van der Waals surface area contributed by atoms with Crippen molar-refractivity contribution in [3.8, 4) is 6.07 Å². The van der Waals surface area contributed by atoms with E-state index in [0.29, 0.717) is 18.5 Å². The number of piperidine rings is 1. The number of nitrogen functional groups attached to an aromatic ring is 1. The number of nitrogens with two attached hydrogens (primary N) is 1. The van der Waals surface area contributed by atoms with Crippen molar-refractivity contribution >= 4 is 11.8 Å². The van der Waals surface area contributed by atoms with Crippen LogP contribution in [0.3, 0.4) is 0 Å². The van der Waals surface area contributed by atoms with Crippen molar-refractivity contribution < 1.29 is 4.74 Å². The summed E-state index contributed by atoms with van der Waals surface area (Å²) in [5.74, 6) is 1.47. The third-order valence-corrected chi connectivity index (χ3v) is 5.58. The number of benzene rings is 1. The van der Waals surface area contributed by atoms with Crippen LogP contribution < -0.4 is 10.6 Å². The van der Waals surface area contributed by atoms with Crippen LogP contribution in [-0.4, -0.2) is 36.3 Å². The van der Waals surface area contributed by atoms with Crippen molar-refractivity contribution in [2.45, 2.75) is 30.6 Å². The molecule has 1 aromatic carbocycles. The third kappa shape index (κ3) is 3.11. The van der Waals surface area contributed by atoms with Crippen LogP contribution >= 0.6 is 0 Å². The van der Waals surface area contributed by atoms with Gasteiger partial charge in [0.25, 0.3) is 0 Å². The van der Waals surface area contributed by atoms with Crippen LogP contribution in [0.1, 0.15) is 36.4 Å². The molecule has 4 rings (SSSR count). The van der Waals surface area contributed by atoms with Gasteiger partial charge in [0.2, 0.25) is 5.95 Å². The van der Waals surface area contributed by atoms with Gasteiger partial charge < -0.3 is 15.4 Å². The Morgan fingerprint density at radius 3 is 2.62 bits per heavy atom. The molecule has 2 N–H and O–H groups in total. The Bertz CT molecular complexity index is 803. The van der Waals surface area contributed by atoms with E-state index in [0.717, 1.165) is 56.0 Å². The Balaban J connectivity index is 1.54. The lowest BCUT2D eigenvalue weighted by Crippen LogP contribution is -2.42. The van der Waals surface area contributed by atoms with Gasteiger partial charge >= 0.3 is 0 Å². The maximum Gasteiger partial charge on any atom is 0.222 e. The van der Waals surface area contributed by atoms with Crippen molar-refractivity contribution in [1.29, 1.82) is 5.26 Å². The second-order valence-electron chi connectivity index (χ2n) is 7.12. The highest BCUT2D eigenvalue weighted by Gasteiger charge is 2.37. The molecule has 2 aromatic rings. The van der Waals surface area contributed by atoms with Gasteiger partial charge in [-0.3, -0.25) is 0 Å². The van der Waals surface area contributed by atoms with Crippen LogP contribution in [0.4, 0.5) is 11.8 Å². The molecule has 1 aromatic heterocycles. The van der Waals surface area contributed by atoms with E-state index in [9.17, 15) is 5.26 Å². The van der Waals surface area contributed by atoms with Crippen LogP contribution in [-0.2, 0) is 10.2 Å². The van der Waals surface area contributed by atoms with Crippen LogP contribution in [0.25, 0.3) is 0 Å². The summed E-state index contributed by atoms with van der Waals surface area (Å²) in [4.78, 5) is 11.1. The molecular formula is C20H23N5O. The van der Waals surface area contributed by atoms with Crippen LogP contribution in [0.2, 0.25) is 0 Å². The predicted octanol–water partition coefficient (Wildman–Crippen LogP) is 2.62. The van der Waals surface area contributed by atoms with Crippen LogP contribution in [0.5, 0.6) is 0 Å². The van der Waals surface area contributed by atoms with Gasteiger partial charge in [0.15, 0.2) is 0 Å². The predicted molar refractivity (Wildman–Crippen MR) is 99.8 cm³/mol. The van der Waals surface area contributed by atoms with E-state index in [2.05, 4.69) is 33.1 Å². The van der Waals surface area contributed by atoms with Gasteiger partial charge in [-0.05, 0) is 24.8 Å². The molecule has 1 unspecified atom stereocenters. The molecule has 0 bridgehead atoms. The lowest BCUT2D eigenvalue weighted by molar-refractivity contribution is 0.193. The number of hydrogen-bond donors (Lipinski definition) is 1. The molecule has 6 nitrogen and oxygen atoms in total. The zero-order valence-electron chi connectivity index (χ0n) is 14.8. The SMILES string of the molecule is N#CC1(c2ccccc2)CCN(c2cc(C3CCOC3)nc(N)n2)CC1. The normalized spacial score (nSPS) is 22.1. The summed E-state index contributed by atoms with van der Waals surface area (Å²) < 4.78 is 5.48. The Labute approximate surface area is 153 Å². The Hall–Kier alpha value is -2.65. The third-order valence-electron chi connectivity index (χ3n) is 5.58. The molecule has 3 heterocycles. The van der Waals surface area contributed by atoms with Crippen molar-refractivity contribution in [2.75, 3.05) is 36.9 Å². The zero-order valence-corrected chi connectivity index (χ0v) is 14.8. The molecule has 2 aliphatic heterocycles. The molecule has 1 atom stereocenters. The van der Waals surface area contributed by atoms with E-state index >= 15 is 0 Å². The number of aromatic nitrogens is 2. The Morgan fingerprint density at radius 1 is 1.19 bits per heavy atom. The molecule has 0 spiro atoms. The first-order valence-corrected chi connectivity index (χ1v) is 9.14. The van der Waals surface area contributed by atoms with Crippen molar-refractivity contribution in [3.05, 3.63) is 47.7 Å². The largest absolute Gasteiger partial charge is 0.381 e. The smallest absolute Gasteiger partial charge is 0.222 e. The van der Waals surface area contributed by atoms with E-state index in [-0.39, 0.29) is 0 Å². The minimum atomic E-state index is -0.418. The molecule has 2 saturated heterocycles. The van der Waals surface area contributed by atoms with Gasteiger partial charge in [0.05, 0.1) is 23.8 Å². The summed E-state index contributed by atoms with van der Waals surface area (Å²) >= 11 is 0. The average Bonchev–Trinajstić information content (AvgIpc) is 3.23. The van der Waals surface area contributed by atoms with Crippen LogP contribution in [0, 0.1) is 11.3 Å². The number of hydrogen-bond acceptors (Lipinski definition) is 6. The minimum absolute atomic E-state index is 0.298. The zero-order chi connectivity index (χ0) is 18.0. The topological polar surface area (TPSA) is 88.1 Å². The fourth-order valence-corrected chi connectivity index (χ4v) is 3.95. The van der Waals surface area contributed by atoms with E-state index < -0.39 is 5.41 Å². The lowest BCUT2D eigenvalue weighted by atomic mass is 9.74. The van der Waals surface area contributed by atoms with Gasteiger partial charge in [0, 0.05) is 31.7 Å². The Morgan fingerprint density at radius 2 is 1.96 bits per heavy atom. The second-order valence-corrected chi connectivity index (χ2v) is 7.12. The molecule has 2 fully saturated rings.